The standard InChI is InChI=1S/C27H23N3O5S2/c1-17-5-3-4-6-22(17)28-24(31)16-35-21-11-7-18(8-12-21)15-23-26(33)30(27(36)37-23)29-25(32)19-9-13-20(34-2)14-10-19/h3-15H,16H2,1-2H3,(H,28,31)(H,29,32)/b23-15-. The fourth-order valence-corrected chi connectivity index (χ4v) is 4.51. The van der Waals surface area contributed by atoms with Crippen LogP contribution in [0.1, 0.15) is 21.5 Å². The second-order valence-corrected chi connectivity index (χ2v) is 9.58. The number of anilines is 1. The minimum Gasteiger partial charge on any atom is -0.497 e. The third-order valence-electron chi connectivity index (χ3n) is 5.33. The monoisotopic (exact) mass is 533 g/mol. The van der Waals surface area contributed by atoms with Gasteiger partial charge in [-0.15, -0.1) is 0 Å². The van der Waals surface area contributed by atoms with Crippen LogP contribution in [0.2, 0.25) is 0 Å². The Hall–Kier alpha value is -4.15. The van der Waals surface area contributed by atoms with Crippen LogP contribution in [0, 0.1) is 6.92 Å². The molecule has 0 aromatic heterocycles. The van der Waals surface area contributed by atoms with Crippen LogP contribution in [-0.4, -0.2) is 40.8 Å². The molecule has 37 heavy (non-hydrogen) atoms. The van der Waals surface area contributed by atoms with E-state index in [0.29, 0.717) is 22.0 Å². The van der Waals surface area contributed by atoms with E-state index in [9.17, 15) is 14.4 Å². The summed E-state index contributed by atoms with van der Waals surface area (Å²) in [5, 5.41) is 3.87. The highest BCUT2D eigenvalue weighted by molar-refractivity contribution is 8.26. The van der Waals surface area contributed by atoms with Gasteiger partial charge in [0.15, 0.2) is 10.9 Å². The Morgan fingerprint density at radius 1 is 1.00 bits per heavy atom. The summed E-state index contributed by atoms with van der Waals surface area (Å²) in [5.74, 6) is -0.0274. The van der Waals surface area contributed by atoms with E-state index < -0.39 is 11.8 Å². The summed E-state index contributed by atoms with van der Waals surface area (Å²) in [5.41, 5.74) is 5.35. The van der Waals surface area contributed by atoms with Gasteiger partial charge in [0.25, 0.3) is 17.7 Å². The first kappa shape index (κ1) is 25.9. The normalized spacial score (nSPS) is 14.0. The Morgan fingerprint density at radius 2 is 1.68 bits per heavy atom. The number of para-hydroxylation sites is 1. The molecule has 1 fully saturated rings. The minimum absolute atomic E-state index is 0.139. The van der Waals surface area contributed by atoms with Gasteiger partial charge in [0.05, 0.1) is 12.0 Å². The van der Waals surface area contributed by atoms with Crippen LogP contribution in [0.15, 0.2) is 77.7 Å². The molecule has 0 unspecified atom stereocenters. The van der Waals surface area contributed by atoms with Crippen molar-refractivity contribution in [1.82, 2.24) is 10.4 Å². The third-order valence-corrected chi connectivity index (χ3v) is 6.63. The van der Waals surface area contributed by atoms with Crippen molar-refractivity contribution in [3.05, 3.63) is 94.4 Å². The zero-order valence-corrected chi connectivity index (χ0v) is 21.7. The van der Waals surface area contributed by atoms with E-state index in [0.717, 1.165) is 33.6 Å². The number of nitrogens with one attached hydrogen (secondary N) is 2. The molecule has 4 rings (SSSR count). The van der Waals surface area contributed by atoms with Crippen molar-refractivity contribution in [2.24, 2.45) is 0 Å². The van der Waals surface area contributed by atoms with Gasteiger partial charge in [-0.3, -0.25) is 19.8 Å². The van der Waals surface area contributed by atoms with Gasteiger partial charge in [0, 0.05) is 11.3 Å². The molecule has 3 aromatic rings. The molecular weight excluding hydrogens is 510 g/mol. The van der Waals surface area contributed by atoms with Gasteiger partial charge in [0.2, 0.25) is 0 Å². The van der Waals surface area contributed by atoms with Crippen molar-refractivity contribution in [2.45, 2.75) is 6.92 Å². The Kier molecular flexibility index (Phi) is 8.22. The van der Waals surface area contributed by atoms with Gasteiger partial charge >= 0.3 is 0 Å². The molecular formula is C27H23N3O5S2. The zero-order valence-electron chi connectivity index (χ0n) is 20.0. The maximum Gasteiger partial charge on any atom is 0.285 e. The molecule has 0 aliphatic carbocycles. The van der Waals surface area contributed by atoms with Crippen molar-refractivity contribution < 1.29 is 23.9 Å². The van der Waals surface area contributed by atoms with Crippen LogP contribution in [-0.2, 0) is 9.59 Å². The molecule has 1 saturated heterocycles. The lowest BCUT2D eigenvalue weighted by atomic mass is 10.2. The molecule has 0 saturated carbocycles. The van der Waals surface area contributed by atoms with Gasteiger partial charge in [-0.2, -0.15) is 5.01 Å². The predicted molar refractivity (Wildman–Crippen MR) is 147 cm³/mol. The summed E-state index contributed by atoms with van der Waals surface area (Å²) in [6.07, 6.45) is 1.67. The van der Waals surface area contributed by atoms with E-state index in [1.165, 1.54) is 7.11 Å². The molecule has 1 heterocycles. The SMILES string of the molecule is COc1ccc(C(=O)NN2C(=O)/C(=C/c3ccc(OCC(=O)Nc4ccccc4C)cc3)SC2=S)cc1. The zero-order chi connectivity index (χ0) is 26.4. The fraction of sp³-hybridized carbons (Fsp3) is 0.111. The Balaban J connectivity index is 1.33. The number of hydrazine groups is 1. The molecule has 3 amide bonds. The van der Waals surface area contributed by atoms with Crippen molar-refractivity contribution in [3.8, 4) is 11.5 Å². The minimum atomic E-state index is -0.465. The molecule has 2 N–H and O–H groups in total. The number of benzene rings is 3. The number of methoxy groups -OCH3 is 1. The molecule has 0 atom stereocenters. The van der Waals surface area contributed by atoms with Crippen LogP contribution in [0.4, 0.5) is 5.69 Å². The summed E-state index contributed by atoms with van der Waals surface area (Å²) in [7, 11) is 1.54. The average Bonchev–Trinajstić information content (AvgIpc) is 3.16. The van der Waals surface area contributed by atoms with Gasteiger partial charge < -0.3 is 14.8 Å². The first-order valence-corrected chi connectivity index (χ1v) is 12.4. The van der Waals surface area contributed by atoms with Gasteiger partial charge in [-0.1, -0.05) is 42.1 Å². The number of rotatable bonds is 8. The van der Waals surface area contributed by atoms with E-state index in [2.05, 4.69) is 10.7 Å². The predicted octanol–water partition coefficient (Wildman–Crippen LogP) is 4.57. The smallest absolute Gasteiger partial charge is 0.285 e. The summed E-state index contributed by atoms with van der Waals surface area (Å²) < 4.78 is 10.9. The Morgan fingerprint density at radius 3 is 2.35 bits per heavy atom. The number of thioether (sulfide) groups is 1. The average molecular weight is 534 g/mol. The van der Waals surface area contributed by atoms with Crippen LogP contribution in [0.5, 0.6) is 11.5 Å². The number of thiocarbonyl (C=S) groups is 1. The molecule has 3 aromatic carbocycles. The number of nitrogens with zero attached hydrogens (tertiary/aromatic N) is 1. The van der Waals surface area contributed by atoms with Crippen LogP contribution >= 0.6 is 24.0 Å². The summed E-state index contributed by atoms with van der Waals surface area (Å²) in [6.45, 7) is 1.78. The number of amides is 3. The second-order valence-electron chi connectivity index (χ2n) is 7.91. The van der Waals surface area contributed by atoms with Crippen LogP contribution < -0.4 is 20.2 Å². The first-order valence-electron chi connectivity index (χ1n) is 11.2. The molecule has 8 nitrogen and oxygen atoms in total. The molecule has 0 spiro atoms. The molecule has 1 aliphatic rings. The number of carbonyl (C=O) groups excluding carboxylic acids is 3. The molecule has 0 bridgehead atoms. The maximum absolute atomic E-state index is 12.9. The number of hydrogen-bond donors (Lipinski definition) is 2. The topological polar surface area (TPSA) is 97.0 Å². The molecule has 188 valence electrons. The lowest BCUT2D eigenvalue weighted by Gasteiger charge is -2.15. The van der Waals surface area contributed by atoms with Gasteiger partial charge in [-0.05, 0) is 78.8 Å². The molecule has 0 radical (unpaired) electrons. The van der Waals surface area contributed by atoms with E-state index >= 15 is 0 Å². The second kappa shape index (κ2) is 11.7. The van der Waals surface area contributed by atoms with Crippen LogP contribution in [0.3, 0.4) is 0 Å². The van der Waals surface area contributed by atoms with Crippen molar-refractivity contribution in [1.29, 1.82) is 0 Å². The first-order chi connectivity index (χ1) is 17.8. The number of aryl methyl sites for hydroxylation is 1. The van der Waals surface area contributed by atoms with Gasteiger partial charge in [0.1, 0.15) is 11.5 Å². The van der Waals surface area contributed by atoms with E-state index in [1.807, 2.05) is 31.2 Å². The molecule has 1 aliphatic heterocycles. The fourth-order valence-electron chi connectivity index (χ4n) is 3.33. The van der Waals surface area contributed by atoms with E-state index in [1.54, 1.807) is 54.6 Å². The van der Waals surface area contributed by atoms with Crippen LogP contribution in [0.25, 0.3) is 6.08 Å². The quantitative estimate of drug-likeness (QED) is 0.324. The number of ether oxygens (including phenoxy) is 2. The summed E-state index contributed by atoms with van der Waals surface area (Å²) in [4.78, 5) is 38.0. The lowest BCUT2D eigenvalue weighted by Crippen LogP contribution is -2.44. The number of carbonyl (C=O) groups is 3. The summed E-state index contributed by atoms with van der Waals surface area (Å²) in [6, 6.07) is 20.9. The van der Waals surface area contributed by atoms with E-state index in [-0.39, 0.29) is 16.8 Å². The largest absolute Gasteiger partial charge is 0.497 e. The highest BCUT2D eigenvalue weighted by Gasteiger charge is 2.33. The summed E-state index contributed by atoms with van der Waals surface area (Å²) >= 11 is 6.38. The van der Waals surface area contributed by atoms with E-state index in [4.69, 9.17) is 21.7 Å². The Labute approximate surface area is 223 Å². The number of hydrogen-bond acceptors (Lipinski definition) is 7. The van der Waals surface area contributed by atoms with Gasteiger partial charge in [-0.25, -0.2) is 0 Å². The maximum atomic E-state index is 12.9. The van der Waals surface area contributed by atoms with Crippen molar-refractivity contribution >= 4 is 57.8 Å². The lowest BCUT2D eigenvalue weighted by molar-refractivity contribution is -0.123. The third kappa shape index (κ3) is 6.54. The Bertz CT molecular complexity index is 1370. The molecule has 10 heteroatoms. The highest BCUT2D eigenvalue weighted by atomic mass is 32.2. The van der Waals surface area contributed by atoms with Crippen molar-refractivity contribution in [3.63, 3.8) is 0 Å². The van der Waals surface area contributed by atoms with Crippen molar-refractivity contribution in [2.75, 3.05) is 19.0 Å². The highest BCUT2D eigenvalue weighted by Crippen LogP contribution is 2.32.